The second-order valence-corrected chi connectivity index (χ2v) is 5.72. The first-order valence-electron chi connectivity index (χ1n) is 8.45. The number of aliphatic carboxylic acids is 1. The Labute approximate surface area is 140 Å². The zero-order chi connectivity index (χ0) is 16.9. The lowest BCUT2D eigenvalue weighted by molar-refractivity contribution is -0.302. The molecule has 2 aromatic carbocycles. The molecule has 0 amide bonds. The number of benzene rings is 2. The number of carboxylic acids is 1. The van der Waals surface area contributed by atoms with Crippen LogP contribution in [0, 0.1) is 0 Å². The summed E-state index contributed by atoms with van der Waals surface area (Å²) >= 11 is 0. The van der Waals surface area contributed by atoms with Gasteiger partial charge in [0.05, 0.1) is 0 Å². The van der Waals surface area contributed by atoms with Gasteiger partial charge in [-0.25, -0.2) is 0 Å². The number of hydrogen-bond donors (Lipinski definition) is 0. The van der Waals surface area contributed by atoms with Crippen molar-refractivity contribution < 1.29 is 9.90 Å². The molecule has 0 N–H and O–H groups in total. The molecule has 2 rings (SSSR count). The summed E-state index contributed by atoms with van der Waals surface area (Å²) in [6.45, 7) is 3.24. The Hall–Kier alpha value is -2.09. The highest BCUT2D eigenvalue weighted by atomic mass is 16.4. The maximum Gasteiger partial charge on any atom is 0.0383 e. The number of unbranched alkanes of at least 4 members (excludes halogenated alkanes) is 4. The molecule has 2 nitrogen and oxygen atoms in total. The van der Waals surface area contributed by atoms with Gasteiger partial charge in [0.1, 0.15) is 0 Å². The van der Waals surface area contributed by atoms with E-state index in [9.17, 15) is 0 Å². The molecule has 0 aliphatic heterocycles. The van der Waals surface area contributed by atoms with Gasteiger partial charge >= 0.3 is 0 Å². The van der Waals surface area contributed by atoms with Crippen LogP contribution >= 0.6 is 0 Å². The van der Waals surface area contributed by atoms with E-state index in [1.165, 1.54) is 55.2 Å². The van der Waals surface area contributed by atoms with Crippen LogP contribution in [0.15, 0.2) is 54.6 Å². The molecule has 0 saturated heterocycles. The van der Waals surface area contributed by atoms with E-state index in [1.54, 1.807) is 0 Å². The molecule has 0 saturated carbocycles. The first kappa shape index (κ1) is 19.0. The molecule has 0 heterocycles. The maximum atomic E-state index is 8.89. The summed E-state index contributed by atoms with van der Waals surface area (Å²) in [7, 11) is 0. The lowest BCUT2D eigenvalue weighted by atomic mass is 10.0. The summed E-state index contributed by atoms with van der Waals surface area (Å²) in [5.41, 5.74) is 4.09. The van der Waals surface area contributed by atoms with E-state index < -0.39 is 5.97 Å². The third-order valence-corrected chi connectivity index (χ3v) is 3.63. The minimum Gasteiger partial charge on any atom is -0.550 e. The van der Waals surface area contributed by atoms with Crippen LogP contribution in [0.3, 0.4) is 0 Å². The molecule has 23 heavy (non-hydrogen) atoms. The van der Waals surface area contributed by atoms with Gasteiger partial charge in [0.15, 0.2) is 0 Å². The van der Waals surface area contributed by atoms with Crippen molar-refractivity contribution in [3.63, 3.8) is 0 Å². The number of aryl methyl sites for hydroxylation is 1. The summed E-state index contributed by atoms with van der Waals surface area (Å²) < 4.78 is 0. The SMILES string of the molecule is CC(=O)[O-].CCCCCCCc1ccc(-c2ccccc2)cc1. The molecule has 0 aliphatic rings. The first-order chi connectivity index (χ1) is 11.1. The topological polar surface area (TPSA) is 40.1 Å². The number of carbonyl (C=O) groups excluding carboxylic acids is 1. The highest BCUT2D eigenvalue weighted by Crippen LogP contribution is 2.20. The molecule has 0 aromatic heterocycles. The lowest BCUT2D eigenvalue weighted by Crippen LogP contribution is -2.16. The van der Waals surface area contributed by atoms with Crippen molar-refractivity contribution in [1.29, 1.82) is 0 Å². The fourth-order valence-corrected chi connectivity index (χ4v) is 2.43. The average Bonchev–Trinajstić information content (AvgIpc) is 2.56. The van der Waals surface area contributed by atoms with Crippen LogP contribution in [0.2, 0.25) is 0 Å². The van der Waals surface area contributed by atoms with Crippen LogP contribution in [0.4, 0.5) is 0 Å². The second kappa shape index (κ2) is 11.5. The highest BCUT2D eigenvalue weighted by molar-refractivity contribution is 5.63. The molecule has 0 atom stereocenters. The molecule has 124 valence electrons. The van der Waals surface area contributed by atoms with Gasteiger partial charge in [-0.05, 0) is 36.5 Å². The fourth-order valence-electron chi connectivity index (χ4n) is 2.43. The van der Waals surface area contributed by atoms with Crippen molar-refractivity contribution in [3.05, 3.63) is 60.2 Å². The van der Waals surface area contributed by atoms with Crippen molar-refractivity contribution in [2.75, 3.05) is 0 Å². The third-order valence-electron chi connectivity index (χ3n) is 3.63. The minimum absolute atomic E-state index is 0.972. The molecule has 2 aromatic rings. The number of rotatable bonds is 7. The third kappa shape index (κ3) is 8.82. The van der Waals surface area contributed by atoms with Gasteiger partial charge in [0.25, 0.3) is 0 Å². The van der Waals surface area contributed by atoms with E-state index >= 15 is 0 Å². The van der Waals surface area contributed by atoms with Gasteiger partial charge in [-0.2, -0.15) is 0 Å². The Morgan fingerprint density at radius 1 is 0.826 bits per heavy atom. The smallest absolute Gasteiger partial charge is 0.0383 e. The van der Waals surface area contributed by atoms with Gasteiger partial charge in [0.2, 0.25) is 0 Å². The van der Waals surface area contributed by atoms with Crippen LogP contribution < -0.4 is 5.11 Å². The summed E-state index contributed by atoms with van der Waals surface area (Å²) in [5, 5.41) is 8.89. The van der Waals surface area contributed by atoms with Crippen LogP contribution in [-0.2, 0) is 11.2 Å². The quantitative estimate of drug-likeness (QED) is 0.700. The van der Waals surface area contributed by atoms with E-state index in [0.29, 0.717) is 0 Å². The Bertz CT molecular complexity index is 540. The Balaban J connectivity index is 0.000000593. The van der Waals surface area contributed by atoms with Crippen molar-refractivity contribution in [1.82, 2.24) is 0 Å². The molecular weight excluding hydrogens is 284 g/mol. The molecule has 0 fully saturated rings. The van der Waals surface area contributed by atoms with Gasteiger partial charge < -0.3 is 9.90 Å². The van der Waals surface area contributed by atoms with Gasteiger partial charge in [-0.1, -0.05) is 87.2 Å². The minimum atomic E-state index is -1.08. The second-order valence-electron chi connectivity index (χ2n) is 5.72. The summed E-state index contributed by atoms with van der Waals surface area (Å²) in [6, 6.07) is 19.6. The van der Waals surface area contributed by atoms with Gasteiger partial charge in [-0.15, -0.1) is 0 Å². The van der Waals surface area contributed by atoms with E-state index in [0.717, 1.165) is 6.92 Å². The largest absolute Gasteiger partial charge is 0.550 e. The van der Waals surface area contributed by atoms with Crippen molar-refractivity contribution in [2.45, 2.75) is 52.4 Å². The van der Waals surface area contributed by atoms with Crippen LogP contribution in [-0.4, -0.2) is 5.97 Å². The predicted molar refractivity (Wildman–Crippen MR) is 95.0 cm³/mol. The fraction of sp³-hybridized carbons (Fsp3) is 0.381. The van der Waals surface area contributed by atoms with Crippen molar-refractivity contribution >= 4 is 5.97 Å². The van der Waals surface area contributed by atoms with E-state index in [-0.39, 0.29) is 0 Å². The Morgan fingerprint density at radius 3 is 1.91 bits per heavy atom. The molecular formula is C21H27O2-. The van der Waals surface area contributed by atoms with Crippen molar-refractivity contribution in [3.8, 4) is 11.1 Å². The van der Waals surface area contributed by atoms with Crippen LogP contribution in [0.5, 0.6) is 0 Å². The molecule has 0 radical (unpaired) electrons. The molecule has 2 heteroatoms. The standard InChI is InChI=1S/C19H24.C2H4O2/c1-2-3-4-5-7-10-17-13-15-19(16-14-17)18-11-8-6-9-12-18;1-2(3)4/h6,8-9,11-16H,2-5,7,10H2,1H3;1H3,(H,3,4)/p-1. The van der Waals surface area contributed by atoms with Gasteiger partial charge in [-0.3, -0.25) is 0 Å². The van der Waals surface area contributed by atoms with Crippen molar-refractivity contribution in [2.24, 2.45) is 0 Å². The zero-order valence-electron chi connectivity index (χ0n) is 14.3. The summed E-state index contributed by atoms with van der Waals surface area (Å²) in [5.74, 6) is -1.08. The van der Waals surface area contributed by atoms with Gasteiger partial charge in [0, 0.05) is 5.97 Å². The van der Waals surface area contributed by atoms with E-state index in [4.69, 9.17) is 9.90 Å². The monoisotopic (exact) mass is 311 g/mol. The van der Waals surface area contributed by atoms with Crippen LogP contribution in [0.25, 0.3) is 11.1 Å². The summed E-state index contributed by atoms with van der Waals surface area (Å²) in [4.78, 5) is 8.89. The maximum absolute atomic E-state index is 8.89. The number of carboxylic acid groups (broad SMARTS) is 1. The predicted octanol–water partition coefficient (Wildman–Crippen LogP) is 4.62. The normalized spacial score (nSPS) is 9.83. The molecule has 0 bridgehead atoms. The number of hydrogen-bond acceptors (Lipinski definition) is 2. The van der Waals surface area contributed by atoms with Crippen LogP contribution in [0.1, 0.15) is 51.5 Å². The zero-order valence-corrected chi connectivity index (χ0v) is 14.3. The van der Waals surface area contributed by atoms with E-state index in [1.807, 2.05) is 0 Å². The summed E-state index contributed by atoms with van der Waals surface area (Å²) in [6.07, 6.45) is 8.01. The highest BCUT2D eigenvalue weighted by Gasteiger charge is 1.97. The molecule has 0 spiro atoms. The lowest BCUT2D eigenvalue weighted by Gasteiger charge is -2.05. The first-order valence-corrected chi connectivity index (χ1v) is 8.45. The average molecular weight is 311 g/mol. The number of carbonyl (C=O) groups is 1. The van der Waals surface area contributed by atoms with E-state index in [2.05, 4.69) is 61.5 Å². The Morgan fingerprint density at radius 2 is 1.35 bits per heavy atom. The Kier molecular flexibility index (Phi) is 9.46. The molecule has 0 unspecified atom stereocenters. The molecule has 0 aliphatic carbocycles.